The van der Waals surface area contributed by atoms with Gasteiger partial charge in [0.2, 0.25) is 0 Å². The molecule has 0 amide bonds. The molecule has 0 aliphatic heterocycles. The molecule has 1 aliphatic carbocycles. The van der Waals surface area contributed by atoms with Crippen LogP contribution in [0.15, 0.2) is 22.8 Å². The van der Waals surface area contributed by atoms with E-state index in [4.69, 9.17) is 0 Å². The summed E-state index contributed by atoms with van der Waals surface area (Å²) in [4.78, 5) is 6.92. The molecule has 0 aromatic carbocycles. The van der Waals surface area contributed by atoms with Crippen molar-refractivity contribution in [1.29, 1.82) is 0 Å². The molecule has 94 valence electrons. The van der Waals surface area contributed by atoms with Gasteiger partial charge in [-0.2, -0.15) is 0 Å². The van der Waals surface area contributed by atoms with Gasteiger partial charge in [-0.3, -0.25) is 9.88 Å². The van der Waals surface area contributed by atoms with Gasteiger partial charge in [-0.05, 0) is 53.9 Å². The van der Waals surface area contributed by atoms with Crippen LogP contribution in [-0.2, 0) is 6.54 Å². The van der Waals surface area contributed by atoms with Crippen LogP contribution in [0, 0.1) is 5.92 Å². The van der Waals surface area contributed by atoms with Gasteiger partial charge in [-0.15, -0.1) is 0 Å². The molecule has 0 bridgehead atoms. The lowest BCUT2D eigenvalue weighted by Gasteiger charge is -2.36. The molecule has 2 unspecified atom stereocenters. The predicted molar refractivity (Wildman–Crippen MR) is 74.8 cm³/mol. The van der Waals surface area contributed by atoms with Crippen LogP contribution in [0.4, 0.5) is 0 Å². The number of pyridine rings is 1. The first-order valence-corrected chi connectivity index (χ1v) is 7.27. The molecule has 3 heteroatoms. The number of nitrogens with zero attached hydrogens (tertiary/aromatic N) is 2. The molecule has 1 saturated carbocycles. The molecule has 1 aromatic heterocycles. The molecule has 1 heterocycles. The smallest absolute Gasteiger partial charge is 0.0544 e. The van der Waals surface area contributed by atoms with Gasteiger partial charge in [0.1, 0.15) is 0 Å². The second-order valence-corrected chi connectivity index (χ2v) is 6.13. The summed E-state index contributed by atoms with van der Waals surface area (Å²) in [6, 6.07) is 4.91. The Morgan fingerprint density at radius 3 is 2.76 bits per heavy atom. The zero-order valence-electron chi connectivity index (χ0n) is 10.7. The number of rotatable bonds is 3. The van der Waals surface area contributed by atoms with Gasteiger partial charge in [0.05, 0.1) is 5.69 Å². The summed E-state index contributed by atoms with van der Waals surface area (Å²) < 4.78 is 1.05. The van der Waals surface area contributed by atoms with E-state index < -0.39 is 0 Å². The molecule has 0 radical (unpaired) electrons. The van der Waals surface area contributed by atoms with Gasteiger partial charge in [0.15, 0.2) is 0 Å². The zero-order valence-corrected chi connectivity index (χ0v) is 12.3. The van der Waals surface area contributed by atoms with Gasteiger partial charge in [-0.1, -0.05) is 19.8 Å². The molecule has 1 aliphatic rings. The van der Waals surface area contributed by atoms with E-state index in [1.807, 2.05) is 6.20 Å². The van der Waals surface area contributed by atoms with Crippen molar-refractivity contribution in [1.82, 2.24) is 9.88 Å². The first kappa shape index (κ1) is 13.0. The van der Waals surface area contributed by atoms with Crippen molar-refractivity contribution in [3.63, 3.8) is 0 Å². The lowest BCUT2D eigenvalue weighted by molar-refractivity contribution is 0.132. The van der Waals surface area contributed by atoms with Gasteiger partial charge < -0.3 is 0 Å². The van der Waals surface area contributed by atoms with Crippen molar-refractivity contribution in [3.8, 4) is 0 Å². The van der Waals surface area contributed by atoms with Crippen molar-refractivity contribution >= 4 is 15.9 Å². The summed E-state index contributed by atoms with van der Waals surface area (Å²) in [6.07, 6.45) is 7.39. The van der Waals surface area contributed by atoms with Crippen LogP contribution < -0.4 is 0 Å². The first-order valence-electron chi connectivity index (χ1n) is 6.47. The number of aromatic nitrogens is 1. The highest BCUT2D eigenvalue weighted by atomic mass is 79.9. The van der Waals surface area contributed by atoms with E-state index >= 15 is 0 Å². The van der Waals surface area contributed by atoms with Crippen LogP contribution in [0.5, 0.6) is 0 Å². The van der Waals surface area contributed by atoms with Gasteiger partial charge in [-0.25, -0.2) is 0 Å². The second kappa shape index (κ2) is 5.96. The minimum absolute atomic E-state index is 0.731. The Balaban J connectivity index is 1.95. The van der Waals surface area contributed by atoms with Crippen LogP contribution >= 0.6 is 15.9 Å². The third kappa shape index (κ3) is 3.52. The van der Waals surface area contributed by atoms with E-state index in [2.05, 4.69) is 51.9 Å². The maximum atomic E-state index is 4.45. The molecule has 0 saturated heterocycles. The minimum Gasteiger partial charge on any atom is -0.297 e. The fourth-order valence-electron chi connectivity index (χ4n) is 2.82. The highest BCUT2D eigenvalue weighted by Gasteiger charge is 2.24. The molecule has 2 nitrogen and oxygen atoms in total. The van der Waals surface area contributed by atoms with Crippen LogP contribution in [0.3, 0.4) is 0 Å². The third-order valence-corrected chi connectivity index (χ3v) is 4.30. The van der Waals surface area contributed by atoms with Crippen LogP contribution in [0.1, 0.15) is 38.3 Å². The summed E-state index contributed by atoms with van der Waals surface area (Å²) in [5, 5.41) is 0. The average molecular weight is 297 g/mol. The molecule has 17 heavy (non-hydrogen) atoms. The van der Waals surface area contributed by atoms with Gasteiger partial charge >= 0.3 is 0 Å². The third-order valence-electron chi connectivity index (χ3n) is 3.83. The van der Waals surface area contributed by atoms with Crippen LogP contribution in [0.25, 0.3) is 0 Å². The van der Waals surface area contributed by atoms with E-state index in [9.17, 15) is 0 Å². The van der Waals surface area contributed by atoms with E-state index in [1.54, 1.807) is 0 Å². The lowest BCUT2D eigenvalue weighted by Crippen LogP contribution is -2.38. The predicted octanol–water partition coefficient (Wildman–Crippen LogP) is 3.85. The molecule has 1 aromatic rings. The fraction of sp³-hybridized carbons (Fsp3) is 0.643. The highest BCUT2D eigenvalue weighted by Crippen LogP contribution is 2.28. The molecule has 1 fully saturated rings. The summed E-state index contributed by atoms with van der Waals surface area (Å²) in [5.74, 6) is 0.823. The van der Waals surface area contributed by atoms with Crippen LogP contribution in [-0.4, -0.2) is 23.0 Å². The van der Waals surface area contributed by atoms with Crippen molar-refractivity contribution in [2.75, 3.05) is 7.05 Å². The molecular formula is C14H21BrN2. The second-order valence-electron chi connectivity index (χ2n) is 5.21. The normalized spacial score (nSPS) is 25.2. The quantitative estimate of drug-likeness (QED) is 0.842. The average Bonchev–Trinajstić information content (AvgIpc) is 2.32. The van der Waals surface area contributed by atoms with E-state index in [0.717, 1.165) is 28.7 Å². The monoisotopic (exact) mass is 296 g/mol. The highest BCUT2D eigenvalue weighted by molar-refractivity contribution is 9.10. The largest absolute Gasteiger partial charge is 0.297 e. The summed E-state index contributed by atoms with van der Waals surface area (Å²) in [5.41, 5.74) is 1.16. The fourth-order valence-corrected chi connectivity index (χ4v) is 3.06. The summed E-state index contributed by atoms with van der Waals surface area (Å²) in [7, 11) is 2.23. The maximum absolute atomic E-state index is 4.45. The summed E-state index contributed by atoms with van der Waals surface area (Å²) >= 11 is 3.42. The van der Waals surface area contributed by atoms with Crippen molar-refractivity contribution in [2.24, 2.45) is 5.92 Å². The Morgan fingerprint density at radius 2 is 2.12 bits per heavy atom. The van der Waals surface area contributed by atoms with Crippen molar-refractivity contribution < 1.29 is 0 Å². The number of hydrogen-bond acceptors (Lipinski definition) is 2. The van der Waals surface area contributed by atoms with E-state index in [-0.39, 0.29) is 0 Å². The number of hydrogen-bond donors (Lipinski definition) is 0. The molecule has 2 rings (SSSR count). The Hall–Kier alpha value is -0.410. The van der Waals surface area contributed by atoms with E-state index in [1.165, 1.54) is 25.7 Å². The van der Waals surface area contributed by atoms with Crippen LogP contribution in [0.2, 0.25) is 0 Å². The Kier molecular flexibility index (Phi) is 4.57. The topological polar surface area (TPSA) is 16.1 Å². The van der Waals surface area contributed by atoms with Gasteiger partial charge in [0.25, 0.3) is 0 Å². The van der Waals surface area contributed by atoms with Crippen molar-refractivity contribution in [2.45, 2.75) is 45.2 Å². The SMILES string of the molecule is CC1CCCCC1N(C)Cc1ccc(Br)cn1. The number of halogens is 1. The minimum atomic E-state index is 0.731. The zero-order chi connectivity index (χ0) is 12.3. The molecule has 2 atom stereocenters. The Morgan fingerprint density at radius 1 is 1.35 bits per heavy atom. The van der Waals surface area contributed by atoms with Gasteiger partial charge in [0, 0.05) is 23.3 Å². The maximum Gasteiger partial charge on any atom is 0.0544 e. The molecule has 0 spiro atoms. The molecular weight excluding hydrogens is 276 g/mol. The van der Waals surface area contributed by atoms with Crippen molar-refractivity contribution in [3.05, 3.63) is 28.5 Å². The standard InChI is InChI=1S/C14H21BrN2/c1-11-5-3-4-6-14(11)17(2)10-13-8-7-12(15)9-16-13/h7-9,11,14H,3-6,10H2,1-2H3. The summed E-state index contributed by atoms with van der Waals surface area (Å²) in [6.45, 7) is 3.34. The lowest BCUT2D eigenvalue weighted by atomic mass is 9.85. The molecule has 0 N–H and O–H groups in total. The van der Waals surface area contributed by atoms with E-state index in [0.29, 0.717) is 0 Å². The Bertz CT molecular complexity index is 350. The first-order chi connectivity index (χ1) is 8.16. The Labute approximate surface area is 113 Å².